The summed E-state index contributed by atoms with van der Waals surface area (Å²) >= 11 is 1.48. The molecule has 0 N–H and O–H groups in total. The van der Waals surface area contributed by atoms with Crippen LogP contribution in [0.25, 0.3) is 10.2 Å². The van der Waals surface area contributed by atoms with E-state index in [1.165, 1.54) is 16.9 Å². The third kappa shape index (κ3) is 3.85. The molecule has 30 heavy (non-hydrogen) atoms. The minimum Gasteiger partial charge on any atom is -0.319 e. The number of hydrogen-bond acceptors (Lipinski definition) is 4. The fraction of sp³-hybridized carbons (Fsp3) is 0.304. The molecule has 1 aliphatic heterocycles. The molecule has 0 radical (unpaired) electrons. The molecule has 0 unspecified atom stereocenters. The van der Waals surface area contributed by atoms with E-state index in [4.69, 9.17) is 0 Å². The van der Waals surface area contributed by atoms with Crippen LogP contribution in [0.15, 0.2) is 47.5 Å². The predicted octanol–water partition coefficient (Wildman–Crippen LogP) is 3.98. The fourth-order valence-corrected chi connectivity index (χ4v) is 4.70. The number of thiazole rings is 1. The van der Waals surface area contributed by atoms with E-state index in [9.17, 15) is 14.4 Å². The zero-order valence-electron chi connectivity index (χ0n) is 17.1. The number of rotatable bonds is 5. The molecule has 4 rings (SSSR count). The van der Waals surface area contributed by atoms with Gasteiger partial charge in [-0.3, -0.25) is 19.3 Å². The Labute approximate surface area is 178 Å². The molecule has 7 heteroatoms. The molecule has 0 atom stereocenters. The predicted molar refractivity (Wildman–Crippen MR) is 117 cm³/mol. The van der Waals surface area contributed by atoms with E-state index in [0.29, 0.717) is 16.1 Å². The number of benzene rings is 2. The molecule has 1 aromatic heterocycles. The number of aromatic nitrogens is 1. The van der Waals surface area contributed by atoms with Crippen LogP contribution in [0.3, 0.4) is 0 Å². The van der Waals surface area contributed by atoms with E-state index in [-0.39, 0.29) is 24.7 Å². The van der Waals surface area contributed by atoms with Crippen molar-refractivity contribution in [1.82, 2.24) is 4.57 Å². The van der Waals surface area contributed by atoms with Gasteiger partial charge in [-0.15, -0.1) is 0 Å². The number of aryl methyl sites for hydroxylation is 2. The summed E-state index contributed by atoms with van der Waals surface area (Å²) in [5.41, 5.74) is 3.09. The molecule has 3 amide bonds. The van der Waals surface area contributed by atoms with Gasteiger partial charge < -0.3 is 4.57 Å². The Morgan fingerprint density at radius 3 is 2.60 bits per heavy atom. The van der Waals surface area contributed by atoms with Crippen LogP contribution in [-0.4, -0.2) is 22.3 Å². The van der Waals surface area contributed by atoms with Gasteiger partial charge in [0.2, 0.25) is 11.8 Å². The SMILES string of the molecule is CCCCc1ccc2c(c1)sc(=NC(=O)c1cccc(N3C(=O)CCC3=O)c1)n2C. The number of amides is 3. The van der Waals surface area contributed by atoms with Gasteiger partial charge in [-0.1, -0.05) is 36.8 Å². The summed E-state index contributed by atoms with van der Waals surface area (Å²) in [4.78, 5) is 42.9. The molecule has 0 aliphatic carbocycles. The first-order chi connectivity index (χ1) is 14.5. The highest BCUT2D eigenvalue weighted by atomic mass is 32.1. The second-order valence-corrected chi connectivity index (χ2v) is 8.45. The Balaban J connectivity index is 1.66. The van der Waals surface area contributed by atoms with Gasteiger partial charge >= 0.3 is 0 Å². The van der Waals surface area contributed by atoms with Crippen molar-refractivity contribution in [3.05, 3.63) is 58.4 Å². The molecule has 154 valence electrons. The maximum Gasteiger partial charge on any atom is 0.279 e. The molecule has 1 fully saturated rings. The summed E-state index contributed by atoms with van der Waals surface area (Å²) in [6.45, 7) is 2.18. The highest BCUT2D eigenvalue weighted by Crippen LogP contribution is 2.24. The lowest BCUT2D eigenvalue weighted by Gasteiger charge is -2.14. The standard InChI is InChI=1S/C23H23N3O3S/c1-3-4-6-15-9-10-18-19(13-15)30-23(25(18)2)24-22(29)16-7-5-8-17(14-16)26-20(27)11-12-21(26)28/h5,7-10,13-14H,3-4,6,11-12H2,1-2H3. The largest absolute Gasteiger partial charge is 0.319 e. The normalized spacial score (nSPS) is 14.9. The molecule has 0 spiro atoms. The average Bonchev–Trinajstić information content (AvgIpc) is 3.24. The number of nitrogens with zero attached hydrogens (tertiary/aromatic N) is 3. The topological polar surface area (TPSA) is 71.7 Å². The smallest absolute Gasteiger partial charge is 0.279 e. The zero-order valence-corrected chi connectivity index (χ0v) is 17.9. The van der Waals surface area contributed by atoms with Gasteiger partial charge in [0.1, 0.15) is 0 Å². The number of fused-ring (bicyclic) bond motifs is 1. The highest BCUT2D eigenvalue weighted by Gasteiger charge is 2.30. The average molecular weight is 422 g/mol. The Kier molecular flexibility index (Phi) is 5.63. The van der Waals surface area contributed by atoms with E-state index >= 15 is 0 Å². The third-order valence-corrected chi connectivity index (χ3v) is 6.39. The second-order valence-electron chi connectivity index (χ2n) is 7.44. The van der Waals surface area contributed by atoms with Gasteiger partial charge in [0.25, 0.3) is 5.91 Å². The Bertz CT molecular complexity index is 1210. The number of carbonyl (C=O) groups excluding carboxylic acids is 3. The van der Waals surface area contributed by atoms with Crippen LogP contribution in [0.1, 0.15) is 48.5 Å². The molecule has 2 aromatic carbocycles. The number of carbonyl (C=O) groups is 3. The van der Waals surface area contributed by atoms with Crippen LogP contribution in [0.2, 0.25) is 0 Å². The van der Waals surface area contributed by atoms with Crippen LogP contribution in [-0.2, 0) is 23.1 Å². The van der Waals surface area contributed by atoms with Crippen molar-refractivity contribution < 1.29 is 14.4 Å². The van der Waals surface area contributed by atoms with E-state index < -0.39 is 5.91 Å². The summed E-state index contributed by atoms with van der Waals surface area (Å²) in [6, 6.07) is 12.9. The van der Waals surface area contributed by atoms with Gasteiger partial charge in [0.05, 0.1) is 15.9 Å². The molecule has 3 aromatic rings. The second kappa shape index (κ2) is 8.36. The van der Waals surface area contributed by atoms with Gasteiger partial charge in [0.15, 0.2) is 4.80 Å². The van der Waals surface area contributed by atoms with E-state index in [1.807, 2.05) is 11.6 Å². The molecular formula is C23H23N3O3S. The maximum atomic E-state index is 12.8. The van der Waals surface area contributed by atoms with Crippen molar-refractivity contribution in [2.24, 2.45) is 12.0 Å². The molecule has 0 saturated carbocycles. The quantitative estimate of drug-likeness (QED) is 0.585. The lowest BCUT2D eigenvalue weighted by molar-refractivity contribution is -0.121. The van der Waals surface area contributed by atoms with Crippen molar-refractivity contribution in [1.29, 1.82) is 0 Å². The molecular weight excluding hydrogens is 398 g/mol. The van der Waals surface area contributed by atoms with Crippen molar-refractivity contribution in [3.63, 3.8) is 0 Å². The first kappa shape index (κ1) is 20.2. The minimum absolute atomic E-state index is 0.208. The van der Waals surface area contributed by atoms with Crippen LogP contribution < -0.4 is 9.70 Å². The molecule has 2 heterocycles. The van der Waals surface area contributed by atoms with Crippen molar-refractivity contribution in [2.75, 3.05) is 4.90 Å². The first-order valence-corrected chi connectivity index (χ1v) is 10.9. The molecule has 1 aliphatic rings. The monoisotopic (exact) mass is 421 g/mol. The van der Waals surface area contributed by atoms with Crippen LogP contribution in [0.5, 0.6) is 0 Å². The lowest BCUT2D eigenvalue weighted by atomic mass is 10.1. The van der Waals surface area contributed by atoms with E-state index in [2.05, 4.69) is 30.1 Å². The Morgan fingerprint density at radius 2 is 1.87 bits per heavy atom. The Hall–Kier alpha value is -3.06. The van der Waals surface area contributed by atoms with Gasteiger partial charge in [-0.2, -0.15) is 4.99 Å². The van der Waals surface area contributed by atoms with Crippen molar-refractivity contribution >= 4 is 45.0 Å². The van der Waals surface area contributed by atoms with Crippen LogP contribution >= 0.6 is 11.3 Å². The maximum absolute atomic E-state index is 12.8. The van der Waals surface area contributed by atoms with Crippen molar-refractivity contribution in [2.45, 2.75) is 39.0 Å². The van der Waals surface area contributed by atoms with E-state index in [1.54, 1.807) is 24.3 Å². The fourth-order valence-electron chi connectivity index (χ4n) is 3.62. The summed E-state index contributed by atoms with van der Waals surface area (Å²) in [7, 11) is 1.90. The molecule has 0 bridgehead atoms. The Morgan fingerprint density at radius 1 is 1.10 bits per heavy atom. The van der Waals surface area contributed by atoms with Gasteiger partial charge in [0, 0.05) is 25.5 Å². The number of unbranched alkanes of at least 4 members (excludes halogenated alkanes) is 1. The first-order valence-electron chi connectivity index (χ1n) is 10.1. The van der Waals surface area contributed by atoms with Gasteiger partial charge in [-0.25, -0.2) is 0 Å². The highest BCUT2D eigenvalue weighted by molar-refractivity contribution is 7.16. The summed E-state index contributed by atoms with van der Waals surface area (Å²) in [6.07, 6.45) is 3.76. The molecule has 6 nitrogen and oxygen atoms in total. The third-order valence-electron chi connectivity index (χ3n) is 5.29. The molecule has 1 saturated heterocycles. The number of imide groups is 1. The van der Waals surface area contributed by atoms with Crippen LogP contribution in [0.4, 0.5) is 5.69 Å². The minimum atomic E-state index is -0.399. The zero-order chi connectivity index (χ0) is 21.3. The summed E-state index contributed by atoms with van der Waals surface area (Å²) in [5, 5.41) is 0. The lowest BCUT2D eigenvalue weighted by Crippen LogP contribution is -2.28. The van der Waals surface area contributed by atoms with Gasteiger partial charge in [-0.05, 0) is 48.7 Å². The number of hydrogen-bond donors (Lipinski definition) is 0. The van der Waals surface area contributed by atoms with Crippen LogP contribution in [0, 0.1) is 0 Å². The summed E-state index contributed by atoms with van der Waals surface area (Å²) in [5.74, 6) is -0.878. The summed E-state index contributed by atoms with van der Waals surface area (Å²) < 4.78 is 3.01. The van der Waals surface area contributed by atoms with Crippen molar-refractivity contribution in [3.8, 4) is 0 Å². The van der Waals surface area contributed by atoms with E-state index in [0.717, 1.165) is 34.4 Å². The number of anilines is 1.